The van der Waals surface area contributed by atoms with Crippen LogP contribution >= 0.6 is 0 Å². The standard InChI is InChI=1S/C16H24FN3O/c1-16(6-8-18-11-16)12-20-9-4-13(5-10-20)21-15-14(17)3-2-7-19-15/h2-3,7,13,18H,4-6,8-12H2,1H3. The molecule has 0 spiro atoms. The number of nitrogens with one attached hydrogen (secondary N) is 1. The molecule has 1 unspecified atom stereocenters. The van der Waals surface area contributed by atoms with Gasteiger partial charge in [-0.3, -0.25) is 0 Å². The van der Waals surface area contributed by atoms with Gasteiger partial charge < -0.3 is 15.0 Å². The normalized spacial score (nSPS) is 27.9. The fraction of sp³-hybridized carbons (Fsp3) is 0.688. The van der Waals surface area contributed by atoms with E-state index in [1.54, 1.807) is 12.3 Å². The minimum Gasteiger partial charge on any atom is -0.472 e. The minimum absolute atomic E-state index is 0.0835. The molecule has 0 bridgehead atoms. The molecule has 2 fully saturated rings. The summed E-state index contributed by atoms with van der Waals surface area (Å²) in [5, 5.41) is 3.45. The van der Waals surface area contributed by atoms with Crippen LogP contribution in [0.5, 0.6) is 5.88 Å². The molecule has 3 heterocycles. The lowest BCUT2D eigenvalue weighted by Crippen LogP contribution is -2.44. The van der Waals surface area contributed by atoms with Gasteiger partial charge in [-0.2, -0.15) is 0 Å². The summed E-state index contributed by atoms with van der Waals surface area (Å²) in [7, 11) is 0. The maximum absolute atomic E-state index is 13.5. The zero-order valence-corrected chi connectivity index (χ0v) is 12.6. The van der Waals surface area contributed by atoms with E-state index in [0.717, 1.165) is 45.6 Å². The first-order valence-electron chi connectivity index (χ1n) is 7.85. The van der Waals surface area contributed by atoms with Crippen molar-refractivity contribution in [3.8, 4) is 5.88 Å². The molecule has 116 valence electrons. The highest BCUT2D eigenvalue weighted by atomic mass is 19.1. The lowest BCUT2D eigenvalue weighted by atomic mass is 9.88. The molecule has 3 rings (SSSR count). The van der Waals surface area contributed by atoms with Crippen LogP contribution in [0.3, 0.4) is 0 Å². The van der Waals surface area contributed by atoms with Crippen molar-refractivity contribution >= 4 is 0 Å². The van der Waals surface area contributed by atoms with E-state index in [0.29, 0.717) is 5.41 Å². The maximum Gasteiger partial charge on any atom is 0.250 e. The average Bonchev–Trinajstić information content (AvgIpc) is 2.90. The summed E-state index contributed by atoms with van der Waals surface area (Å²) in [6.45, 7) is 7.80. The molecule has 0 aromatic carbocycles. The summed E-state index contributed by atoms with van der Waals surface area (Å²) < 4.78 is 19.2. The van der Waals surface area contributed by atoms with Crippen LogP contribution in [-0.2, 0) is 0 Å². The fourth-order valence-corrected chi connectivity index (χ4v) is 3.34. The van der Waals surface area contributed by atoms with E-state index in [4.69, 9.17) is 4.74 Å². The van der Waals surface area contributed by atoms with Crippen molar-refractivity contribution in [2.45, 2.75) is 32.3 Å². The van der Waals surface area contributed by atoms with Gasteiger partial charge in [-0.15, -0.1) is 0 Å². The third-order valence-corrected chi connectivity index (χ3v) is 4.60. The lowest BCUT2D eigenvalue weighted by Gasteiger charge is -2.36. The van der Waals surface area contributed by atoms with E-state index in [-0.39, 0.29) is 17.8 Å². The zero-order valence-electron chi connectivity index (χ0n) is 12.6. The third-order valence-electron chi connectivity index (χ3n) is 4.60. The van der Waals surface area contributed by atoms with E-state index >= 15 is 0 Å². The van der Waals surface area contributed by atoms with Crippen molar-refractivity contribution in [1.29, 1.82) is 0 Å². The van der Waals surface area contributed by atoms with Crippen LogP contribution in [-0.4, -0.2) is 48.7 Å². The molecule has 2 aliphatic rings. The summed E-state index contributed by atoms with van der Waals surface area (Å²) in [6.07, 6.45) is 4.79. The number of rotatable bonds is 4. The highest BCUT2D eigenvalue weighted by Crippen LogP contribution is 2.27. The predicted octanol–water partition coefficient (Wildman–Crippen LogP) is 2.06. The van der Waals surface area contributed by atoms with Gasteiger partial charge in [0.2, 0.25) is 0 Å². The predicted molar refractivity (Wildman–Crippen MR) is 79.9 cm³/mol. The molecular weight excluding hydrogens is 269 g/mol. The largest absolute Gasteiger partial charge is 0.472 e. The number of nitrogens with zero attached hydrogens (tertiary/aromatic N) is 2. The molecule has 2 aliphatic heterocycles. The Labute approximate surface area is 125 Å². The Morgan fingerprint density at radius 3 is 2.95 bits per heavy atom. The van der Waals surface area contributed by atoms with Crippen molar-refractivity contribution in [3.63, 3.8) is 0 Å². The molecule has 1 aromatic heterocycles. The smallest absolute Gasteiger partial charge is 0.250 e. The van der Waals surface area contributed by atoms with Crippen molar-refractivity contribution in [2.24, 2.45) is 5.41 Å². The molecule has 1 aromatic rings. The second-order valence-corrected chi connectivity index (χ2v) is 6.62. The summed E-state index contributed by atoms with van der Waals surface area (Å²) in [5.41, 5.74) is 0.404. The number of halogens is 1. The summed E-state index contributed by atoms with van der Waals surface area (Å²) in [5.74, 6) is -0.229. The monoisotopic (exact) mass is 293 g/mol. The van der Waals surface area contributed by atoms with Gasteiger partial charge >= 0.3 is 0 Å². The van der Waals surface area contributed by atoms with E-state index in [2.05, 4.69) is 22.1 Å². The van der Waals surface area contributed by atoms with Crippen molar-refractivity contribution < 1.29 is 9.13 Å². The van der Waals surface area contributed by atoms with Crippen LogP contribution in [0.1, 0.15) is 26.2 Å². The number of aromatic nitrogens is 1. The minimum atomic E-state index is -0.371. The van der Waals surface area contributed by atoms with Gasteiger partial charge in [0.15, 0.2) is 5.82 Å². The van der Waals surface area contributed by atoms with Crippen LogP contribution in [0.2, 0.25) is 0 Å². The van der Waals surface area contributed by atoms with E-state index in [9.17, 15) is 4.39 Å². The van der Waals surface area contributed by atoms with Crippen LogP contribution in [0.25, 0.3) is 0 Å². The highest BCUT2D eigenvalue weighted by Gasteiger charge is 2.32. The van der Waals surface area contributed by atoms with Crippen molar-refractivity contribution in [1.82, 2.24) is 15.2 Å². The van der Waals surface area contributed by atoms with Gasteiger partial charge in [0.1, 0.15) is 6.10 Å². The fourth-order valence-electron chi connectivity index (χ4n) is 3.34. The number of likely N-dealkylation sites (tertiary alicyclic amines) is 1. The first-order valence-corrected chi connectivity index (χ1v) is 7.85. The molecule has 2 saturated heterocycles. The second-order valence-electron chi connectivity index (χ2n) is 6.62. The molecule has 1 atom stereocenters. The molecule has 5 heteroatoms. The number of ether oxygens (including phenoxy) is 1. The van der Waals surface area contributed by atoms with E-state index in [1.165, 1.54) is 12.5 Å². The van der Waals surface area contributed by atoms with Gasteiger partial charge in [-0.05, 0) is 43.4 Å². The molecule has 0 aliphatic carbocycles. The molecule has 1 N–H and O–H groups in total. The van der Waals surface area contributed by atoms with Crippen LogP contribution in [0, 0.1) is 11.2 Å². The third kappa shape index (κ3) is 3.71. The summed E-state index contributed by atoms with van der Waals surface area (Å²) in [4.78, 5) is 6.48. The molecule has 21 heavy (non-hydrogen) atoms. The zero-order chi connectivity index (χ0) is 14.7. The lowest BCUT2D eigenvalue weighted by molar-refractivity contribution is 0.0723. The van der Waals surface area contributed by atoms with Gasteiger partial charge in [-0.25, -0.2) is 9.37 Å². The topological polar surface area (TPSA) is 37.4 Å². The van der Waals surface area contributed by atoms with E-state index in [1.807, 2.05) is 0 Å². The summed E-state index contributed by atoms with van der Waals surface area (Å²) in [6, 6.07) is 2.98. The van der Waals surface area contributed by atoms with Crippen LogP contribution < -0.4 is 10.1 Å². The van der Waals surface area contributed by atoms with Crippen LogP contribution in [0.4, 0.5) is 4.39 Å². The number of hydrogen-bond acceptors (Lipinski definition) is 4. The van der Waals surface area contributed by atoms with Gasteiger partial charge in [0, 0.05) is 32.4 Å². The molecular formula is C16H24FN3O. The molecule has 4 nitrogen and oxygen atoms in total. The molecule has 0 radical (unpaired) electrons. The first kappa shape index (κ1) is 14.7. The van der Waals surface area contributed by atoms with Gasteiger partial charge in [0.25, 0.3) is 5.88 Å². The Kier molecular flexibility index (Phi) is 4.40. The quantitative estimate of drug-likeness (QED) is 0.922. The van der Waals surface area contributed by atoms with Crippen molar-refractivity contribution in [3.05, 3.63) is 24.1 Å². The number of pyridine rings is 1. The van der Waals surface area contributed by atoms with Gasteiger partial charge in [-0.1, -0.05) is 6.92 Å². The Bertz CT molecular complexity index is 468. The van der Waals surface area contributed by atoms with Crippen molar-refractivity contribution in [2.75, 3.05) is 32.7 Å². The Balaban J connectivity index is 1.48. The Morgan fingerprint density at radius 2 is 2.29 bits per heavy atom. The SMILES string of the molecule is CC1(CN2CCC(Oc3ncccc3F)CC2)CCNC1. The first-order chi connectivity index (χ1) is 10.1. The maximum atomic E-state index is 13.5. The van der Waals surface area contributed by atoms with Gasteiger partial charge in [0.05, 0.1) is 0 Å². The second kappa shape index (κ2) is 6.28. The number of piperidine rings is 1. The molecule has 0 amide bonds. The molecule has 0 saturated carbocycles. The van der Waals surface area contributed by atoms with E-state index < -0.39 is 0 Å². The van der Waals surface area contributed by atoms with Crippen LogP contribution in [0.15, 0.2) is 18.3 Å². The summed E-state index contributed by atoms with van der Waals surface area (Å²) >= 11 is 0. The Morgan fingerprint density at radius 1 is 1.48 bits per heavy atom. The number of hydrogen-bond donors (Lipinski definition) is 1. The Hall–Kier alpha value is -1.20. The highest BCUT2D eigenvalue weighted by molar-refractivity contribution is 5.13. The average molecular weight is 293 g/mol.